The van der Waals surface area contributed by atoms with Gasteiger partial charge in [-0.2, -0.15) is 0 Å². The van der Waals surface area contributed by atoms with E-state index in [1.807, 2.05) is 38.1 Å². The highest BCUT2D eigenvalue weighted by molar-refractivity contribution is 5.40. The van der Waals surface area contributed by atoms with E-state index in [0.29, 0.717) is 13.2 Å². The van der Waals surface area contributed by atoms with Crippen molar-refractivity contribution in [3.05, 3.63) is 24.3 Å². The summed E-state index contributed by atoms with van der Waals surface area (Å²) in [5.41, 5.74) is 5.46. The second-order valence-electron chi connectivity index (χ2n) is 2.73. The van der Waals surface area contributed by atoms with Crippen molar-refractivity contribution in [3.63, 3.8) is 0 Å². The summed E-state index contributed by atoms with van der Waals surface area (Å²) in [6.45, 7) is 5.04. The maximum atomic E-state index is 5.53. The lowest BCUT2D eigenvalue weighted by molar-refractivity contribution is 0.0969. The van der Waals surface area contributed by atoms with Gasteiger partial charge in [-0.3, -0.25) is 0 Å². The predicted molar refractivity (Wildman–Crippen MR) is 56.8 cm³/mol. The van der Waals surface area contributed by atoms with Crippen molar-refractivity contribution in [2.45, 2.75) is 20.0 Å². The van der Waals surface area contributed by atoms with Gasteiger partial charge in [0.1, 0.15) is 12.7 Å². The Balaban J connectivity index is 0.000000461. The van der Waals surface area contributed by atoms with E-state index in [4.69, 9.17) is 15.2 Å². The first-order valence-electron chi connectivity index (χ1n) is 4.98. The van der Waals surface area contributed by atoms with Crippen LogP contribution in [0.3, 0.4) is 0 Å². The third-order valence-electron chi connectivity index (χ3n) is 1.83. The molecule has 0 fully saturated rings. The largest absolute Gasteiger partial charge is 0.486 e. The van der Waals surface area contributed by atoms with Crippen LogP contribution in [0.2, 0.25) is 0 Å². The predicted octanol–water partition coefficient (Wildman–Crippen LogP) is 1.81. The van der Waals surface area contributed by atoms with Gasteiger partial charge >= 0.3 is 0 Å². The van der Waals surface area contributed by atoms with Gasteiger partial charge in [0.15, 0.2) is 11.5 Å². The maximum absolute atomic E-state index is 5.53. The molecule has 2 rings (SSSR count). The number of fused-ring (bicyclic) bond motifs is 1. The summed E-state index contributed by atoms with van der Waals surface area (Å²) in [5.74, 6) is 1.60. The van der Waals surface area contributed by atoms with Gasteiger partial charge in [0.25, 0.3) is 0 Å². The van der Waals surface area contributed by atoms with E-state index < -0.39 is 0 Å². The molecule has 3 nitrogen and oxygen atoms in total. The second kappa shape index (κ2) is 5.50. The standard InChI is InChI=1S/C9H11NO2.C2H6/c10-5-7-6-11-8-3-1-2-4-9(8)12-7;1-2/h1-4,7H,5-6,10H2;1-2H3. The summed E-state index contributed by atoms with van der Waals surface area (Å²) < 4.78 is 11.0. The molecule has 1 unspecified atom stereocenters. The summed E-state index contributed by atoms with van der Waals surface area (Å²) in [4.78, 5) is 0. The van der Waals surface area contributed by atoms with Crippen molar-refractivity contribution in [1.29, 1.82) is 0 Å². The van der Waals surface area contributed by atoms with Crippen LogP contribution in [-0.4, -0.2) is 19.3 Å². The lowest BCUT2D eigenvalue weighted by atomic mass is 10.2. The molecule has 0 amide bonds. The van der Waals surface area contributed by atoms with Crippen LogP contribution in [0.25, 0.3) is 0 Å². The average Bonchev–Trinajstić information content (AvgIpc) is 2.31. The molecule has 1 aliphatic heterocycles. The third-order valence-corrected chi connectivity index (χ3v) is 1.83. The number of hydrogen-bond donors (Lipinski definition) is 1. The number of rotatable bonds is 1. The van der Waals surface area contributed by atoms with E-state index in [9.17, 15) is 0 Å². The second-order valence-corrected chi connectivity index (χ2v) is 2.73. The summed E-state index contributed by atoms with van der Waals surface area (Å²) in [5, 5.41) is 0. The Morgan fingerprint density at radius 1 is 1.29 bits per heavy atom. The van der Waals surface area contributed by atoms with Crippen LogP contribution in [0.15, 0.2) is 24.3 Å². The molecule has 0 radical (unpaired) electrons. The van der Waals surface area contributed by atoms with Gasteiger partial charge in [0.2, 0.25) is 0 Å². The molecule has 0 aliphatic carbocycles. The summed E-state index contributed by atoms with van der Waals surface area (Å²) >= 11 is 0. The molecule has 0 spiro atoms. The van der Waals surface area contributed by atoms with Gasteiger partial charge < -0.3 is 15.2 Å². The minimum Gasteiger partial charge on any atom is -0.486 e. The number of ether oxygens (including phenoxy) is 2. The average molecular weight is 195 g/mol. The first kappa shape index (κ1) is 10.9. The fourth-order valence-electron chi connectivity index (χ4n) is 1.18. The van der Waals surface area contributed by atoms with Crippen LogP contribution in [0.4, 0.5) is 0 Å². The highest BCUT2D eigenvalue weighted by Crippen LogP contribution is 2.30. The van der Waals surface area contributed by atoms with Crippen molar-refractivity contribution < 1.29 is 9.47 Å². The number of hydrogen-bond acceptors (Lipinski definition) is 3. The van der Waals surface area contributed by atoms with E-state index in [2.05, 4.69) is 0 Å². The highest BCUT2D eigenvalue weighted by Gasteiger charge is 2.18. The van der Waals surface area contributed by atoms with E-state index in [-0.39, 0.29) is 6.10 Å². The Labute approximate surface area is 84.8 Å². The van der Waals surface area contributed by atoms with Crippen LogP contribution >= 0.6 is 0 Å². The van der Waals surface area contributed by atoms with Crippen molar-refractivity contribution in [2.75, 3.05) is 13.2 Å². The fraction of sp³-hybridized carbons (Fsp3) is 0.455. The molecule has 78 valence electrons. The molecule has 1 aliphatic rings. The van der Waals surface area contributed by atoms with Gasteiger partial charge in [0.05, 0.1) is 0 Å². The maximum Gasteiger partial charge on any atom is 0.161 e. The zero-order valence-corrected chi connectivity index (χ0v) is 8.69. The quantitative estimate of drug-likeness (QED) is 0.743. The third kappa shape index (κ3) is 2.39. The molecule has 1 atom stereocenters. The first-order chi connectivity index (χ1) is 6.90. The van der Waals surface area contributed by atoms with Gasteiger partial charge in [-0.05, 0) is 12.1 Å². The van der Waals surface area contributed by atoms with Crippen molar-refractivity contribution in [1.82, 2.24) is 0 Å². The summed E-state index contributed by atoms with van der Waals surface area (Å²) in [6.07, 6.45) is -0.0000926. The Bertz CT molecular complexity index is 276. The van der Waals surface area contributed by atoms with Crippen molar-refractivity contribution in [3.8, 4) is 11.5 Å². The molecular formula is C11H17NO2. The Kier molecular flexibility index (Phi) is 4.26. The van der Waals surface area contributed by atoms with Crippen LogP contribution in [-0.2, 0) is 0 Å². The normalized spacial score (nSPS) is 18.1. The minimum absolute atomic E-state index is 0.0000926. The molecule has 1 heterocycles. The van der Waals surface area contributed by atoms with Crippen LogP contribution in [0.1, 0.15) is 13.8 Å². The van der Waals surface area contributed by atoms with Crippen LogP contribution in [0, 0.1) is 0 Å². The SMILES string of the molecule is CC.NCC1COc2ccccc2O1. The van der Waals surface area contributed by atoms with E-state index >= 15 is 0 Å². The molecule has 0 saturated carbocycles. The van der Waals surface area contributed by atoms with E-state index in [0.717, 1.165) is 11.5 Å². The van der Waals surface area contributed by atoms with Gasteiger partial charge in [-0.1, -0.05) is 26.0 Å². The summed E-state index contributed by atoms with van der Waals surface area (Å²) in [7, 11) is 0. The molecule has 0 bridgehead atoms. The molecule has 1 aromatic rings. The zero-order valence-electron chi connectivity index (χ0n) is 8.69. The van der Waals surface area contributed by atoms with Gasteiger partial charge in [-0.25, -0.2) is 0 Å². The van der Waals surface area contributed by atoms with E-state index in [1.165, 1.54) is 0 Å². The number of para-hydroxylation sites is 2. The molecule has 0 saturated heterocycles. The first-order valence-corrected chi connectivity index (χ1v) is 4.98. The molecule has 0 aromatic heterocycles. The Morgan fingerprint density at radius 2 is 1.93 bits per heavy atom. The minimum atomic E-state index is -0.0000926. The zero-order chi connectivity index (χ0) is 10.4. The van der Waals surface area contributed by atoms with Gasteiger partial charge in [-0.15, -0.1) is 0 Å². The topological polar surface area (TPSA) is 44.5 Å². The van der Waals surface area contributed by atoms with Gasteiger partial charge in [0, 0.05) is 6.54 Å². The highest BCUT2D eigenvalue weighted by atomic mass is 16.6. The molecular weight excluding hydrogens is 178 g/mol. The monoisotopic (exact) mass is 195 g/mol. The van der Waals surface area contributed by atoms with Crippen molar-refractivity contribution >= 4 is 0 Å². The molecule has 1 aromatic carbocycles. The lowest BCUT2D eigenvalue weighted by Crippen LogP contribution is -2.35. The van der Waals surface area contributed by atoms with Crippen LogP contribution < -0.4 is 15.2 Å². The van der Waals surface area contributed by atoms with E-state index in [1.54, 1.807) is 0 Å². The molecule has 3 heteroatoms. The fourth-order valence-corrected chi connectivity index (χ4v) is 1.18. The van der Waals surface area contributed by atoms with Crippen molar-refractivity contribution in [2.24, 2.45) is 5.73 Å². The number of benzene rings is 1. The lowest BCUT2D eigenvalue weighted by Gasteiger charge is -2.25. The molecule has 14 heavy (non-hydrogen) atoms. The number of nitrogens with two attached hydrogens (primary N) is 1. The van der Waals surface area contributed by atoms with Crippen LogP contribution in [0.5, 0.6) is 11.5 Å². The molecule has 2 N–H and O–H groups in total. The smallest absolute Gasteiger partial charge is 0.161 e. The Hall–Kier alpha value is -1.22. The Morgan fingerprint density at radius 3 is 2.57 bits per heavy atom. The summed E-state index contributed by atoms with van der Waals surface area (Å²) in [6, 6.07) is 7.62.